The number of nitrogens with zero attached hydrogens (tertiary/aromatic N) is 3. The maximum Gasteiger partial charge on any atom is 2.00 e. The van der Waals surface area contributed by atoms with Crippen LogP contribution in [-0.4, -0.2) is 76.1 Å². The Morgan fingerprint density at radius 1 is 0.800 bits per heavy atom. The first-order valence-electron chi connectivity index (χ1n) is 7.66. The average molecular weight is 416 g/mol. The Kier molecular flexibility index (Phi) is 32.2. The van der Waals surface area contributed by atoms with E-state index in [-0.39, 0.29) is 57.2 Å². The zero-order valence-electron chi connectivity index (χ0n) is 17.1. The van der Waals surface area contributed by atoms with Crippen LogP contribution in [0.5, 0.6) is 0 Å². The van der Waals surface area contributed by atoms with E-state index >= 15 is 0 Å². The molecule has 0 fully saturated rings. The summed E-state index contributed by atoms with van der Waals surface area (Å²) in [7, 11) is 10.6. The van der Waals surface area contributed by atoms with Crippen LogP contribution in [0.4, 0.5) is 0 Å². The monoisotopic (exact) mass is 417 g/mol. The first kappa shape index (κ1) is 33.0. The van der Waals surface area contributed by atoms with Gasteiger partial charge < -0.3 is 51.1 Å². The second-order valence-electron chi connectivity index (χ2n) is 5.68. The largest absolute Gasteiger partial charge is 2.00 e. The van der Waals surface area contributed by atoms with Gasteiger partial charge in [-0.15, -0.1) is 0 Å². The van der Waals surface area contributed by atoms with Gasteiger partial charge in [0.05, 0.1) is 0 Å². The molecule has 3 nitrogen and oxygen atoms in total. The molecule has 0 N–H and O–H groups in total. The van der Waals surface area contributed by atoms with Gasteiger partial charge in [0.15, 0.2) is 0 Å². The van der Waals surface area contributed by atoms with Crippen LogP contribution < -0.4 is 37.7 Å². The van der Waals surface area contributed by atoms with Gasteiger partial charge in [0.25, 0.3) is 0 Å². The van der Waals surface area contributed by atoms with Crippen molar-refractivity contribution in [3.05, 3.63) is 60.7 Å². The topological polar surface area (TPSA) is 9.72 Å². The van der Waals surface area contributed by atoms with Crippen molar-refractivity contribution in [3.63, 3.8) is 0 Å². The Morgan fingerprint density at radius 3 is 1.56 bits per heavy atom. The van der Waals surface area contributed by atoms with E-state index in [0.29, 0.717) is 0 Å². The van der Waals surface area contributed by atoms with Gasteiger partial charge in [0.2, 0.25) is 0 Å². The molecule has 0 saturated heterocycles. The van der Waals surface area contributed by atoms with Crippen LogP contribution in [0.25, 0.3) is 0 Å². The third-order valence-corrected chi connectivity index (χ3v) is 2.85. The van der Waals surface area contributed by atoms with E-state index in [1.54, 1.807) is 0 Å². The summed E-state index contributed by atoms with van der Waals surface area (Å²) in [4.78, 5) is 6.79. The summed E-state index contributed by atoms with van der Waals surface area (Å²) in [6.07, 6.45) is 0. The van der Waals surface area contributed by atoms with E-state index in [1.807, 2.05) is 48.5 Å². The van der Waals surface area contributed by atoms with Crippen LogP contribution in [-0.2, 0) is 19.5 Å². The number of hydrogen-bond donors (Lipinski definition) is 0. The van der Waals surface area contributed by atoms with E-state index in [0.717, 1.165) is 26.2 Å². The fourth-order valence-electron chi connectivity index (χ4n) is 1.41. The SMILES string of the molecule is CN(C)CCN(C)CCN(C)C.[Li+].[Li+].[Ru+2].[c-]1cc[cH-]c1.[c-]1ccc[cH-]1. The van der Waals surface area contributed by atoms with E-state index in [1.165, 1.54) is 0 Å². The smallest absolute Gasteiger partial charge is 0.376 e. The molecule has 2 aromatic carbocycles. The summed E-state index contributed by atoms with van der Waals surface area (Å²) in [5, 5.41) is 0. The van der Waals surface area contributed by atoms with Gasteiger partial charge in [-0.2, -0.15) is 0 Å². The van der Waals surface area contributed by atoms with Gasteiger partial charge in [0.1, 0.15) is 0 Å². The van der Waals surface area contributed by atoms with E-state index in [9.17, 15) is 0 Å². The van der Waals surface area contributed by atoms with Gasteiger partial charge in [-0.3, -0.25) is 24.3 Å². The molecular formula is C19H31Li2N3Ru. The van der Waals surface area contributed by atoms with Crippen LogP contribution in [0, 0.1) is 12.1 Å². The van der Waals surface area contributed by atoms with Crippen LogP contribution in [0.1, 0.15) is 0 Å². The average Bonchev–Trinajstić information content (AvgIpc) is 3.20. The Bertz CT molecular complexity index is 320. The van der Waals surface area contributed by atoms with E-state index < -0.39 is 0 Å². The van der Waals surface area contributed by atoms with Crippen LogP contribution in [0.3, 0.4) is 0 Å². The predicted molar refractivity (Wildman–Crippen MR) is 96.3 cm³/mol. The van der Waals surface area contributed by atoms with Gasteiger partial charge in [-0.1, -0.05) is 0 Å². The minimum Gasteiger partial charge on any atom is -0.376 e. The van der Waals surface area contributed by atoms with Crippen molar-refractivity contribution in [2.75, 3.05) is 61.4 Å². The second kappa shape index (κ2) is 24.4. The van der Waals surface area contributed by atoms with E-state index in [4.69, 9.17) is 0 Å². The number of likely N-dealkylation sites (N-methyl/N-ethyl adjacent to an activating group) is 3. The normalized spacial score (nSPS) is 8.96. The molecule has 0 aliphatic heterocycles. The second-order valence-corrected chi connectivity index (χ2v) is 5.68. The molecule has 2 aromatic rings. The van der Waals surface area contributed by atoms with Crippen LogP contribution in [0.15, 0.2) is 48.5 Å². The zero-order chi connectivity index (χ0) is 16.6. The fourth-order valence-corrected chi connectivity index (χ4v) is 1.41. The first-order valence-corrected chi connectivity index (χ1v) is 7.66. The summed E-state index contributed by atoms with van der Waals surface area (Å²) >= 11 is 0. The summed E-state index contributed by atoms with van der Waals surface area (Å²) < 4.78 is 0. The molecule has 25 heavy (non-hydrogen) atoms. The number of hydrogen-bond acceptors (Lipinski definition) is 3. The first-order chi connectivity index (χ1) is 10.5. The minimum absolute atomic E-state index is 0. The molecular weight excluding hydrogens is 385 g/mol. The molecule has 0 aromatic heterocycles. The van der Waals surface area contributed by atoms with Gasteiger partial charge in [-0.25, -0.2) is 0 Å². The molecule has 2 rings (SSSR count). The van der Waals surface area contributed by atoms with Crippen molar-refractivity contribution in [1.29, 1.82) is 0 Å². The molecule has 0 aliphatic rings. The van der Waals surface area contributed by atoms with Crippen molar-refractivity contribution in [2.45, 2.75) is 0 Å². The van der Waals surface area contributed by atoms with Crippen LogP contribution >= 0.6 is 0 Å². The maximum absolute atomic E-state index is 2.86. The van der Waals surface area contributed by atoms with Crippen molar-refractivity contribution in [1.82, 2.24) is 14.7 Å². The van der Waals surface area contributed by atoms with Gasteiger partial charge >= 0.3 is 57.2 Å². The van der Waals surface area contributed by atoms with Gasteiger partial charge in [-0.05, 0) is 35.2 Å². The van der Waals surface area contributed by atoms with Crippen molar-refractivity contribution >= 4 is 0 Å². The predicted octanol–water partition coefficient (Wildman–Crippen LogP) is -3.54. The molecule has 0 bridgehead atoms. The molecule has 132 valence electrons. The Morgan fingerprint density at radius 2 is 1.36 bits per heavy atom. The number of rotatable bonds is 6. The molecule has 0 saturated carbocycles. The molecule has 0 spiro atoms. The fraction of sp³-hybridized carbons (Fsp3) is 0.474. The molecule has 0 atom stereocenters. The molecule has 0 heterocycles. The van der Waals surface area contributed by atoms with E-state index in [2.05, 4.69) is 62.1 Å². The summed E-state index contributed by atoms with van der Waals surface area (Å²) in [6.45, 7) is 4.59. The summed E-state index contributed by atoms with van der Waals surface area (Å²) in [5.41, 5.74) is 0. The standard InChI is InChI=1S/C9H23N3.2C5H4.2Li.Ru/c1-10(2)6-8-12(5)9-7-11(3)4;2*1-2-4-5-3-1;;;/h6-9H2,1-5H3;2*1-4H;;;/q;2*-2;2*+1;+2. The van der Waals surface area contributed by atoms with Crippen LogP contribution in [0.2, 0.25) is 0 Å². The quantitative estimate of drug-likeness (QED) is 0.357. The maximum atomic E-state index is 2.86. The Balaban J connectivity index is -0.000000141. The van der Waals surface area contributed by atoms with Crippen molar-refractivity contribution < 1.29 is 57.2 Å². The zero-order valence-corrected chi connectivity index (χ0v) is 18.9. The third kappa shape index (κ3) is 29.4. The van der Waals surface area contributed by atoms with Crippen molar-refractivity contribution in [3.8, 4) is 0 Å². The molecule has 0 amide bonds. The summed E-state index contributed by atoms with van der Waals surface area (Å²) in [5.74, 6) is 0. The molecule has 0 radical (unpaired) electrons. The minimum atomic E-state index is 0. The molecule has 0 unspecified atom stereocenters. The van der Waals surface area contributed by atoms with Crippen molar-refractivity contribution in [2.24, 2.45) is 0 Å². The Labute approximate surface area is 193 Å². The Hall–Kier alpha value is 0.398. The molecule has 0 aliphatic carbocycles. The van der Waals surface area contributed by atoms with Gasteiger partial charge in [0, 0.05) is 26.2 Å². The molecule has 6 heteroatoms. The third-order valence-electron chi connectivity index (χ3n) is 2.85. The summed E-state index contributed by atoms with van der Waals surface area (Å²) in [6, 6.07) is 21.0.